The van der Waals surface area contributed by atoms with E-state index < -0.39 is 0 Å². The quantitative estimate of drug-likeness (QED) is 0.875. The van der Waals surface area contributed by atoms with Gasteiger partial charge in [0, 0.05) is 31.7 Å². The fraction of sp³-hybridized carbons (Fsp3) is 0.647. The van der Waals surface area contributed by atoms with Gasteiger partial charge in [-0.3, -0.25) is 4.90 Å². The molecule has 1 fully saturated rings. The van der Waals surface area contributed by atoms with Crippen molar-refractivity contribution in [2.24, 2.45) is 5.92 Å². The largest absolute Gasteiger partial charge is 0.311 e. The number of hydrogen-bond acceptors (Lipinski definition) is 2. The Labute approximate surface area is 118 Å². The highest BCUT2D eigenvalue weighted by atomic mass is 15.2. The van der Waals surface area contributed by atoms with Crippen molar-refractivity contribution in [1.82, 2.24) is 10.2 Å². The molecule has 2 unspecified atom stereocenters. The van der Waals surface area contributed by atoms with Gasteiger partial charge in [0.1, 0.15) is 0 Å². The lowest BCUT2D eigenvalue weighted by atomic mass is 9.98. The van der Waals surface area contributed by atoms with E-state index in [1.54, 1.807) is 0 Å². The lowest BCUT2D eigenvalue weighted by Gasteiger charge is -2.40. The van der Waals surface area contributed by atoms with Crippen molar-refractivity contribution in [2.45, 2.75) is 45.7 Å². The van der Waals surface area contributed by atoms with E-state index >= 15 is 0 Å². The summed E-state index contributed by atoms with van der Waals surface area (Å²) in [5.41, 5.74) is 1.46. The second-order valence-electron chi connectivity index (χ2n) is 6.32. The minimum atomic E-state index is 0.624. The summed E-state index contributed by atoms with van der Waals surface area (Å²) in [5.74, 6) is 0.777. The topological polar surface area (TPSA) is 15.3 Å². The molecule has 1 aromatic rings. The molecule has 2 nitrogen and oxygen atoms in total. The van der Waals surface area contributed by atoms with E-state index in [-0.39, 0.29) is 0 Å². The van der Waals surface area contributed by atoms with Crippen LogP contribution in [0, 0.1) is 5.92 Å². The SMILES string of the molecule is CC(C)CC1CNC(C)CN1CCc1ccccc1. The Balaban J connectivity index is 1.90. The highest BCUT2D eigenvalue weighted by Crippen LogP contribution is 2.16. The van der Waals surface area contributed by atoms with Crippen molar-refractivity contribution in [3.8, 4) is 0 Å². The zero-order valence-corrected chi connectivity index (χ0v) is 12.6. The van der Waals surface area contributed by atoms with Crippen molar-refractivity contribution < 1.29 is 0 Å². The molecule has 1 aliphatic rings. The van der Waals surface area contributed by atoms with E-state index in [0.717, 1.165) is 12.5 Å². The van der Waals surface area contributed by atoms with Crippen LogP contribution >= 0.6 is 0 Å². The molecular formula is C17H28N2. The second kappa shape index (κ2) is 7.06. The molecule has 0 saturated carbocycles. The Morgan fingerprint density at radius 1 is 1.26 bits per heavy atom. The minimum absolute atomic E-state index is 0.624. The first-order chi connectivity index (χ1) is 9.15. The maximum atomic E-state index is 3.62. The average molecular weight is 260 g/mol. The fourth-order valence-corrected chi connectivity index (χ4v) is 3.00. The molecule has 1 aliphatic heterocycles. The molecule has 2 heteroatoms. The molecule has 1 aromatic carbocycles. The third-order valence-electron chi connectivity index (χ3n) is 4.00. The first kappa shape index (κ1) is 14.5. The number of piperazine rings is 1. The van der Waals surface area contributed by atoms with Crippen LogP contribution in [-0.4, -0.2) is 36.6 Å². The van der Waals surface area contributed by atoms with Crippen LogP contribution < -0.4 is 5.32 Å². The van der Waals surface area contributed by atoms with Gasteiger partial charge < -0.3 is 5.32 Å². The molecule has 0 spiro atoms. The number of rotatable bonds is 5. The van der Waals surface area contributed by atoms with Gasteiger partial charge in [-0.1, -0.05) is 44.2 Å². The zero-order chi connectivity index (χ0) is 13.7. The first-order valence-electron chi connectivity index (χ1n) is 7.66. The van der Waals surface area contributed by atoms with Gasteiger partial charge in [0.25, 0.3) is 0 Å². The standard InChI is InChI=1S/C17H28N2/c1-14(2)11-17-12-18-15(3)13-19(17)10-9-16-7-5-4-6-8-16/h4-8,14-15,17-18H,9-13H2,1-3H3. The first-order valence-corrected chi connectivity index (χ1v) is 7.66. The Kier molecular flexibility index (Phi) is 5.41. The normalized spacial score (nSPS) is 24.8. The Morgan fingerprint density at radius 2 is 2.00 bits per heavy atom. The molecule has 0 amide bonds. The lowest BCUT2D eigenvalue weighted by molar-refractivity contribution is 0.120. The summed E-state index contributed by atoms with van der Waals surface area (Å²) in [6.45, 7) is 10.5. The molecule has 2 atom stereocenters. The highest BCUT2D eigenvalue weighted by molar-refractivity contribution is 5.15. The predicted octanol–water partition coefficient (Wildman–Crippen LogP) is 2.94. The summed E-state index contributed by atoms with van der Waals surface area (Å²) in [7, 11) is 0. The molecule has 0 aromatic heterocycles. The van der Waals surface area contributed by atoms with Gasteiger partial charge in [-0.05, 0) is 31.2 Å². The van der Waals surface area contributed by atoms with E-state index in [9.17, 15) is 0 Å². The minimum Gasteiger partial charge on any atom is -0.311 e. The van der Waals surface area contributed by atoms with Gasteiger partial charge in [0.05, 0.1) is 0 Å². The van der Waals surface area contributed by atoms with Gasteiger partial charge in [0.2, 0.25) is 0 Å². The molecule has 1 saturated heterocycles. The lowest BCUT2D eigenvalue weighted by Crippen LogP contribution is -2.56. The number of hydrogen-bond donors (Lipinski definition) is 1. The number of nitrogens with one attached hydrogen (secondary N) is 1. The van der Waals surface area contributed by atoms with Crippen molar-refractivity contribution >= 4 is 0 Å². The molecule has 0 aliphatic carbocycles. The third kappa shape index (κ3) is 4.63. The number of benzene rings is 1. The van der Waals surface area contributed by atoms with Crippen LogP contribution in [0.5, 0.6) is 0 Å². The van der Waals surface area contributed by atoms with Crippen molar-refractivity contribution in [3.05, 3.63) is 35.9 Å². The van der Waals surface area contributed by atoms with Crippen LogP contribution in [0.15, 0.2) is 30.3 Å². The van der Waals surface area contributed by atoms with Crippen molar-refractivity contribution in [2.75, 3.05) is 19.6 Å². The average Bonchev–Trinajstić information content (AvgIpc) is 2.40. The summed E-state index contributed by atoms with van der Waals surface area (Å²) in [6.07, 6.45) is 2.47. The van der Waals surface area contributed by atoms with Gasteiger partial charge in [0.15, 0.2) is 0 Å². The van der Waals surface area contributed by atoms with E-state index in [2.05, 4.69) is 61.3 Å². The van der Waals surface area contributed by atoms with Crippen LogP contribution in [0.1, 0.15) is 32.8 Å². The highest BCUT2D eigenvalue weighted by Gasteiger charge is 2.25. The van der Waals surface area contributed by atoms with Gasteiger partial charge >= 0.3 is 0 Å². The molecular weight excluding hydrogens is 232 g/mol. The summed E-state index contributed by atoms with van der Waals surface area (Å²) in [6, 6.07) is 12.2. The molecule has 1 N–H and O–H groups in total. The van der Waals surface area contributed by atoms with Crippen LogP contribution in [0.2, 0.25) is 0 Å². The van der Waals surface area contributed by atoms with Crippen molar-refractivity contribution in [1.29, 1.82) is 0 Å². The van der Waals surface area contributed by atoms with Crippen LogP contribution in [0.4, 0.5) is 0 Å². The maximum absolute atomic E-state index is 3.62. The van der Waals surface area contributed by atoms with Gasteiger partial charge in [-0.2, -0.15) is 0 Å². The summed E-state index contributed by atoms with van der Waals surface area (Å²) >= 11 is 0. The maximum Gasteiger partial charge on any atom is 0.0223 e. The van der Waals surface area contributed by atoms with Crippen LogP contribution in [-0.2, 0) is 6.42 Å². The van der Waals surface area contributed by atoms with Crippen LogP contribution in [0.25, 0.3) is 0 Å². The Hall–Kier alpha value is -0.860. The van der Waals surface area contributed by atoms with E-state index in [1.165, 1.54) is 31.5 Å². The van der Waals surface area contributed by atoms with Gasteiger partial charge in [-0.25, -0.2) is 0 Å². The van der Waals surface area contributed by atoms with Crippen LogP contribution in [0.3, 0.4) is 0 Å². The van der Waals surface area contributed by atoms with E-state index in [0.29, 0.717) is 12.1 Å². The molecule has 19 heavy (non-hydrogen) atoms. The molecule has 106 valence electrons. The number of nitrogens with zero attached hydrogens (tertiary/aromatic N) is 1. The van der Waals surface area contributed by atoms with Crippen molar-refractivity contribution in [3.63, 3.8) is 0 Å². The molecule has 0 bridgehead atoms. The zero-order valence-electron chi connectivity index (χ0n) is 12.6. The predicted molar refractivity (Wildman–Crippen MR) is 82.4 cm³/mol. The fourth-order valence-electron chi connectivity index (χ4n) is 3.00. The molecule has 2 rings (SSSR count). The Bertz CT molecular complexity index is 361. The smallest absolute Gasteiger partial charge is 0.0223 e. The van der Waals surface area contributed by atoms with E-state index in [4.69, 9.17) is 0 Å². The Morgan fingerprint density at radius 3 is 2.68 bits per heavy atom. The van der Waals surface area contributed by atoms with E-state index in [1.807, 2.05) is 0 Å². The molecule has 0 radical (unpaired) electrons. The molecule has 1 heterocycles. The monoisotopic (exact) mass is 260 g/mol. The third-order valence-corrected chi connectivity index (χ3v) is 4.00. The summed E-state index contributed by atoms with van der Waals surface area (Å²) in [4.78, 5) is 2.69. The second-order valence-corrected chi connectivity index (χ2v) is 6.32. The van der Waals surface area contributed by atoms with Gasteiger partial charge in [-0.15, -0.1) is 0 Å². The summed E-state index contributed by atoms with van der Waals surface area (Å²) in [5, 5.41) is 3.62. The summed E-state index contributed by atoms with van der Waals surface area (Å²) < 4.78 is 0.